The highest BCUT2D eigenvalue weighted by molar-refractivity contribution is 7.99. The summed E-state index contributed by atoms with van der Waals surface area (Å²) in [5.74, 6) is 1.29. The van der Waals surface area contributed by atoms with Gasteiger partial charge in [-0.1, -0.05) is 24.3 Å². The van der Waals surface area contributed by atoms with Gasteiger partial charge in [0.2, 0.25) is 15.9 Å². The molecule has 28 heavy (non-hydrogen) atoms. The molecule has 1 amide bonds. The minimum Gasteiger partial charge on any atom is -0.497 e. The number of benzene rings is 2. The van der Waals surface area contributed by atoms with Gasteiger partial charge in [-0.05, 0) is 30.7 Å². The van der Waals surface area contributed by atoms with E-state index in [1.807, 2.05) is 30.3 Å². The van der Waals surface area contributed by atoms with Crippen molar-refractivity contribution in [3.63, 3.8) is 0 Å². The van der Waals surface area contributed by atoms with Crippen molar-refractivity contribution in [2.75, 3.05) is 36.5 Å². The lowest BCUT2D eigenvalue weighted by Crippen LogP contribution is -2.32. The van der Waals surface area contributed by atoms with E-state index < -0.39 is 10.0 Å². The van der Waals surface area contributed by atoms with E-state index in [9.17, 15) is 13.2 Å². The Labute approximate surface area is 171 Å². The molecule has 0 aliphatic heterocycles. The van der Waals surface area contributed by atoms with Gasteiger partial charge in [0.1, 0.15) is 5.75 Å². The Balaban J connectivity index is 1.77. The number of sulfonamides is 1. The molecular weight excluding hydrogens is 396 g/mol. The van der Waals surface area contributed by atoms with Crippen LogP contribution in [0.2, 0.25) is 0 Å². The van der Waals surface area contributed by atoms with Gasteiger partial charge in [-0.3, -0.25) is 9.10 Å². The third kappa shape index (κ3) is 7.44. The zero-order valence-corrected chi connectivity index (χ0v) is 17.8. The maximum absolute atomic E-state index is 12.1. The number of nitrogens with one attached hydrogen (secondary N) is 1. The number of methoxy groups -OCH3 is 1. The van der Waals surface area contributed by atoms with Crippen molar-refractivity contribution in [3.05, 3.63) is 54.6 Å². The fraction of sp³-hybridized carbons (Fsp3) is 0.350. The molecule has 0 unspecified atom stereocenters. The minimum atomic E-state index is -3.45. The summed E-state index contributed by atoms with van der Waals surface area (Å²) in [4.78, 5) is 13.2. The topological polar surface area (TPSA) is 75.7 Å². The second-order valence-electron chi connectivity index (χ2n) is 6.15. The Morgan fingerprint density at radius 2 is 1.89 bits per heavy atom. The summed E-state index contributed by atoms with van der Waals surface area (Å²) < 4.78 is 30.7. The van der Waals surface area contributed by atoms with Crippen molar-refractivity contribution < 1.29 is 17.9 Å². The average molecular weight is 423 g/mol. The van der Waals surface area contributed by atoms with Crippen LogP contribution in [-0.4, -0.2) is 46.5 Å². The second-order valence-corrected chi connectivity index (χ2v) is 9.23. The van der Waals surface area contributed by atoms with Gasteiger partial charge >= 0.3 is 0 Å². The van der Waals surface area contributed by atoms with Crippen molar-refractivity contribution in [3.8, 4) is 5.75 Å². The molecule has 0 heterocycles. The first kappa shape index (κ1) is 22.1. The van der Waals surface area contributed by atoms with Crippen LogP contribution >= 0.6 is 11.8 Å². The van der Waals surface area contributed by atoms with E-state index in [4.69, 9.17) is 4.74 Å². The number of anilines is 1. The molecule has 0 saturated heterocycles. The maximum Gasteiger partial charge on any atom is 0.232 e. The number of hydrogen-bond donors (Lipinski definition) is 1. The molecule has 0 spiro atoms. The molecule has 6 nitrogen and oxygen atoms in total. The summed E-state index contributed by atoms with van der Waals surface area (Å²) in [6, 6.07) is 16.9. The summed E-state index contributed by atoms with van der Waals surface area (Å²) in [7, 11) is -1.92. The normalized spacial score (nSPS) is 11.1. The lowest BCUT2D eigenvalue weighted by atomic mass is 10.2. The number of ether oxygens (including phenoxy) is 1. The van der Waals surface area contributed by atoms with E-state index in [1.165, 1.54) is 16.3 Å². The second kappa shape index (κ2) is 11.0. The number of carbonyl (C=O) groups is 1. The lowest BCUT2D eigenvalue weighted by Gasteiger charge is -2.22. The molecule has 0 aliphatic rings. The molecule has 0 atom stereocenters. The van der Waals surface area contributed by atoms with Gasteiger partial charge in [0.15, 0.2) is 0 Å². The molecule has 0 saturated carbocycles. The van der Waals surface area contributed by atoms with Crippen LogP contribution in [0.15, 0.2) is 59.5 Å². The maximum atomic E-state index is 12.1. The van der Waals surface area contributed by atoms with Gasteiger partial charge < -0.3 is 10.1 Å². The highest BCUT2D eigenvalue weighted by atomic mass is 32.2. The van der Waals surface area contributed by atoms with Crippen LogP contribution in [0, 0.1) is 0 Å². The quantitative estimate of drug-likeness (QED) is 0.445. The van der Waals surface area contributed by atoms with Gasteiger partial charge in [-0.15, -0.1) is 11.8 Å². The number of carbonyl (C=O) groups excluding carboxylic acids is 1. The molecule has 2 aromatic carbocycles. The molecule has 0 aliphatic carbocycles. The van der Waals surface area contributed by atoms with Gasteiger partial charge in [0.05, 0.1) is 19.1 Å². The van der Waals surface area contributed by atoms with E-state index in [0.29, 0.717) is 24.4 Å². The van der Waals surface area contributed by atoms with E-state index in [-0.39, 0.29) is 18.9 Å². The molecule has 8 heteroatoms. The monoisotopic (exact) mass is 422 g/mol. The highest BCUT2D eigenvalue weighted by Gasteiger charge is 2.18. The zero-order valence-electron chi connectivity index (χ0n) is 16.1. The Kier molecular flexibility index (Phi) is 8.66. The molecule has 0 bridgehead atoms. The SMILES string of the molecule is COc1cccc(N(CCCC(=O)NCCSc2ccccc2)S(C)(=O)=O)c1. The Hall–Kier alpha value is -2.19. The zero-order chi connectivity index (χ0) is 20.4. The van der Waals surface area contributed by atoms with E-state index in [1.54, 1.807) is 36.0 Å². The standard InChI is InChI=1S/C20H26N2O4S2/c1-26-18-9-6-8-17(16-18)22(28(2,24)25)14-7-12-20(23)21-13-15-27-19-10-4-3-5-11-19/h3-6,8-11,16H,7,12-15H2,1-2H3,(H,21,23). The predicted molar refractivity (Wildman–Crippen MR) is 115 cm³/mol. The minimum absolute atomic E-state index is 0.0762. The van der Waals surface area contributed by atoms with Gasteiger partial charge in [-0.2, -0.15) is 0 Å². The number of thioether (sulfide) groups is 1. The Morgan fingerprint density at radius 1 is 1.14 bits per heavy atom. The van der Waals surface area contributed by atoms with E-state index >= 15 is 0 Å². The lowest BCUT2D eigenvalue weighted by molar-refractivity contribution is -0.121. The summed E-state index contributed by atoms with van der Waals surface area (Å²) in [6.45, 7) is 0.808. The first-order chi connectivity index (χ1) is 13.4. The first-order valence-corrected chi connectivity index (χ1v) is 11.8. The van der Waals surface area contributed by atoms with Gasteiger partial charge in [-0.25, -0.2) is 8.42 Å². The highest BCUT2D eigenvalue weighted by Crippen LogP contribution is 2.23. The van der Waals surface area contributed by atoms with E-state index in [2.05, 4.69) is 5.32 Å². The molecule has 0 radical (unpaired) electrons. The number of nitrogens with zero attached hydrogens (tertiary/aromatic N) is 1. The van der Waals surface area contributed by atoms with Crippen LogP contribution in [0.25, 0.3) is 0 Å². The fourth-order valence-electron chi connectivity index (χ4n) is 2.60. The van der Waals surface area contributed by atoms with Crippen LogP contribution in [0.3, 0.4) is 0 Å². The van der Waals surface area contributed by atoms with Crippen LogP contribution in [0.1, 0.15) is 12.8 Å². The number of amides is 1. The largest absolute Gasteiger partial charge is 0.497 e. The van der Waals surface area contributed by atoms with Crippen molar-refractivity contribution in [2.45, 2.75) is 17.7 Å². The predicted octanol–water partition coefficient (Wildman–Crippen LogP) is 3.15. The number of rotatable bonds is 11. The average Bonchev–Trinajstić information content (AvgIpc) is 2.68. The summed E-state index contributed by atoms with van der Waals surface area (Å²) in [5, 5.41) is 2.88. The van der Waals surface area contributed by atoms with Gasteiger partial charge in [0, 0.05) is 36.2 Å². The van der Waals surface area contributed by atoms with Crippen LogP contribution in [-0.2, 0) is 14.8 Å². The van der Waals surface area contributed by atoms with Crippen LogP contribution in [0.4, 0.5) is 5.69 Å². The molecule has 2 aromatic rings. The number of hydrogen-bond acceptors (Lipinski definition) is 5. The molecule has 2 rings (SSSR count). The van der Waals surface area contributed by atoms with Crippen LogP contribution < -0.4 is 14.4 Å². The van der Waals surface area contributed by atoms with Gasteiger partial charge in [0.25, 0.3) is 0 Å². The van der Waals surface area contributed by atoms with Crippen molar-refractivity contribution in [1.82, 2.24) is 5.32 Å². The Morgan fingerprint density at radius 3 is 2.57 bits per heavy atom. The summed E-state index contributed by atoms with van der Waals surface area (Å²) in [5.41, 5.74) is 0.529. The Bertz CT molecular complexity index is 858. The van der Waals surface area contributed by atoms with Crippen molar-refractivity contribution in [1.29, 1.82) is 0 Å². The molecule has 152 valence electrons. The molecule has 1 N–H and O–H groups in total. The molecular formula is C20H26N2O4S2. The first-order valence-electron chi connectivity index (χ1n) is 8.96. The molecule has 0 aromatic heterocycles. The smallest absolute Gasteiger partial charge is 0.232 e. The fourth-order valence-corrected chi connectivity index (χ4v) is 4.35. The van der Waals surface area contributed by atoms with Crippen LogP contribution in [0.5, 0.6) is 5.75 Å². The van der Waals surface area contributed by atoms with Crippen molar-refractivity contribution >= 4 is 33.4 Å². The summed E-state index contributed by atoms with van der Waals surface area (Å²) in [6.07, 6.45) is 1.86. The summed E-state index contributed by atoms with van der Waals surface area (Å²) >= 11 is 1.68. The van der Waals surface area contributed by atoms with Crippen molar-refractivity contribution in [2.24, 2.45) is 0 Å². The molecule has 0 fully saturated rings. The third-order valence-electron chi connectivity index (χ3n) is 3.94. The third-order valence-corrected chi connectivity index (χ3v) is 6.15. The van der Waals surface area contributed by atoms with E-state index in [0.717, 1.165) is 12.0 Å².